The van der Waals surface area contributed by atoms with E-state index in [2.05, 4.69) is 41.1 Å². The number of imidazole rings is 1. The Morgan fingerprint density at radius 3 is 2.40 bits per heavy atom. The van der Waals surface area contributed by atoms with Crippen LogP contribution in [-0.2, 0) is 12.8 Å². The van der Waals surface area contributed by atoms with Crippen LogP contribution < -0.4 is 10.2 Å². The van der Waals surface area contributed by atoms with Gasteiger partial charge in [0.05, 0.1) is 16.6 Å². The first-order valence-corrected chi connectivity index (χ1v) is 17.0. The average Bonchev–Trinajstić information content (AvgIpc) is 3.46. The fourth-order valence-corrected chi connectivity index (χ4v) is 6.80. The van der Waals surface area contributed by atoms with Crippen molar-refractivity contribution in [2.24, 2.45) is 0 Å². The highest BCUT2D eigenvalue weighted by atomic mass is 16.4. The molecule has 1 saturated carbocycles. The number of anilines is 1. The molecule has 0 atom stereocenters. The van der Waals surface area contributed by atoms with Gasteiger partial charge in [0.2, 0.25) is 0 Å². The van der Waals surface area contributed by atoms with Crippen LogP contribution in [0.1, 0.15) is 79.2 Å². The molecule has 0 unspecified atom stereocenters. The standard InChI is InChI=1S/C40H44N4O3/c1-3-4-19-38-42-36-23-21-31(43(25-24-29-13-7-5-8-14-29)40(47)41-30-15-9-6-10-16-30)27-37(36)44(38)32-20-22-33(28(2)26-32)34-17-11-12-18-35(34)39(45)46/h5,7-8,11-14,17-18,20-23,26-27,30H,3-4,6,9-10,15-16,19,24-25H2,1-2H3,(H,41,47)(H,45,46). The van der Waals surface area contributed by atoms with Crippen molar-refractivity contribution in [3.8, 4) is 16.8 Å². The van der Waals surface area contributed by atoms with Crippen molar-refractivity contribution in [3.63, 3.8) is 0 Å². The summed E-state index contributed by atoms with van der Waals surface area (Å²) in [6, 6.07) is 29.9. The van der Waals surface area contributed by atoms with Gasteiger partial charge in [-0.05, 0) is 91.3 Å². The van der Waals surface area contributed by atoms with E-state index in [0.29, 0.717) is 12.1 Å². The van der Waals surface area contributed by atoms with Crippen molar-refractivity contribution in [2.45, 2.75) is 77.7 Å². The number of urea groups is 1. The van der Waals surface area contributed by atoms with E-state index >= 15 is 0 Å². The number of carboxylic acid groups (broad SMARTS) is 1. The molecule has 4 aromatic carbocycles. The number of hydrogen-bond donors (Lipinski definition) is 2. The summed E-state index contributed by atoms with van der Waals surface area (Å²) in [5.41, 5.74) is 7.68. The van der Waals surface area contributed by atoms with Gasteiger partial charge in [0, 0.05) is 30.4 Å². The first-order valence-electron chi connectivity index (χ1n) is 17.0. The molecule has 47 heavy (non-hydrogen) atoms. The van der Waals surface area contributed by atoms with Crippen LogP contribution in [0.4, 0.5) is 10.5 Å². The van der Waals surface area contributed by atoms with Crippen molar-refractivity contribution in [2.75, 3.05) is 11.4 Å². The fraction of sp³-hybridized carbons (Fsp3) is 0.325. The van der Waals surface area contributed by atoms with Gasteiger partial charge in [0.25, 0.3) is 0 Å². The van der Waals surface area contributed by atoms with Gasteiger partial charge in [-0.15, -0.1) is 0 Å². The summed E-state index contributed by atoms with van der Waals surface area (Å²) in [4.78, 5) is 32.9. The third-order valence-corrected chi connectivity index (χ3v) is 9.33. The second-order valence-corrected chi connectivity index (χ2v) is 12.7. The Hall–Kier alpha value is -4.91. The van der Waals surface area contributed by atoms with Gasteiger partial charge in [-0.25, -0.2) is 14.6 Å². The zero-order valence-electron chi connectivity index (χ0n) is 27.4. The van der Waals surface area contributed by atoms with Gasteiger partial charge < -0.3 is 10.4 Å². The Morgan fingerprint density at radius 1 is 0.894 bits per heavy atom. The summed E-state index contributed by atoms with van der Waals surface area (Å²) < 4.78 is 2.21. The van der Waals surface area contributed by atoms with E-state index in [1.165, 1.54) is 12.0 Å². The van der Waals surface area contributed by atoms with E-state index in [-0.39, 0.29) is 17.6 Å². The molecule has 7 nitrogen and oxygen atoms in total. The topological polar surface area (TPSA) is 87.5 Å². The highest BCUT2D eigenvalue weighted by Gasteiger charge is 2.23. The van der Waals surface area contributed by atoms with Crippen LogP contribution in [0.15, 0.2) is 91.0 Å². The van der Waals surface area contributed by atoms with E-state index in [9.17, 15) is 14.7 Å². The normalized spacial score (nSPS) is 13.5. The largest absolute Gasteiger partial charge is 0.478 e. The smallest absolute Gasteiger partial charge is 0.336 e. The van der Waals surface area contributed by atoms with E-state index in [1.807, 2.05) is 66.4 Å². The van der Waals surface area contributed by atoms with Crippen LogP contribution >= 0.6 is 0 Å². The van der Waals surface area contributed by atoms with Gasteiger partial charge in [0.1, 0.15) is 5.82 Å². The lowest BCUT2D eigenvalue weighted by Crippen LogP contribution is -2.46. The fourth-order valence-electron chi connectivity index (χ4n) is 6.80. The number of nitrogens with one attached hydrogen (secondary N) is 1. The van der Waals surface area contributed by atoms with Crippen LogP contribution in [0, 0.1) is 6.92 Å². The number of rotatable bonds is 11. The summed E-state index contributed by atoms with van der Waals surface area (Å²) in [5, 5.41) is 13.2. The van der Waals surface area contributed by atoms with Crippen molar-refractivity contribution in [1.29, 1.82) is 0 Å². The van der Waals surface area contributed by atoms with Crippen LogP contribution in [0.2, 0.25) is 0 Å². The molecular formula is C40H44N4O3. The van der Waals surface area contributed by atoms with Crippen LogP contribution in [0.3, 0.4) is 0 Å². The zero-order valence-corrected chi connectivity index (χ0v) is 27.4. The van der Waals surface area contributed by atoms with Gasteiger partial charge in [-0.1, -0.05) is 87.2 Å². The number of carbonyl (C=O) groups excluding carboxylic acids is 1. The second kappa shape index (κ2) is 14.7. The van der Waals surface area contributed by atoms with Crippen LogP contribution in [0.25, 0.3) is 27.8 Å². The van der Waals surface area contributed by atoms with E-state index < -0.39 is 5.97 Å². The van der Waals surface area contributed by atoms with Gasteiger partial charge in [0.15, 0.2) is 0 Å². The molecule has 5 aromatic rings. The predicted molar refractivity (Wildman–Crippen MR) is 190 cm³/mol. The number of fused-ring (bicyclic) bond motifs is 1. The Morgan fingerprint density at radius 2 is 1.66 bits per heavy atom. The summed E-state index contributed by atoms with van der Waals surface area (Å²) in [5.74, 6) is 0.0305. The van der Waals surface area contributed by atoms with Crippen molar-refractivity contribution in [3.05, 3.63) is 114 Å². The van der Waals surface area contributed by atoms with Gasteiger partial charge in [-0.2, -0.15) is 0 Å². The Balaban J connectivity index is 1.40. The molecule has 0 saturated heterocycles. The predicted octanol–water partition coefficient (Wildman–Crippen LogP) is 9.13. The molecule has 1 fully saturated rings. The maximum Gasteiger partial charge on any atom is 0.336 e. The maximum absolute atomic E-state index is 13.9. The lowest BCUT2D eigenvalue weighted by Gasteiger charge is -2.28. The molecule has 0 aliphatic heterocycles. The quantitative estimate of drug-likeness (QED) is 0.153. The molecule has 2 N–H and O–H groups in total. The summed E-state index contributed by atoms with van der Waals surface area (Å²) in [6.45, 7) is 4.76. The molecule has 1 aliphatic carbocycles. The number of amides is 2. The SMILES string of the molecule is CCCCc1nc2ccc(N(CCc3ccccc3)C(=O)NC3CCCCC3)cc2n1-c1ccc(-c2ccccc2C(=O)O)c(C)c1. The first-order chi connectivity index (χ1) is 22.9. The molecule has 0 spiro atoms. The van der Waals surface area contributed by atoms with E-state index in [0.717, 1.165) is 90.7 Å². The number of unbranched alkanes of at least 4 members (excludes halogenated alkanes) is 1. The van der Waals surface area contributed by atoms with E-state index in [1.54, 1.807) is 12.1 Å². The number of aromatic nitrogens is 2. The summed E-state index contributed by atoms with van der Waals surface area (Å²) >= 11 is 0. The number of carboxylic acids is 1. The third-order valence-electron chi connectivity index (χ3n) is 9.33. The molecular weight excluding hydrogens is 584 g/mol. The maximum atomic E-state index is 13.9. The minimum atomic E-state index is -0.941. The highest BCUT2D eigenvalue weighted by Crippen LogP contribution is 2.32. The highest BCUT2D eigenvalue weighted by molar-refractivity contribution is 5.97. The molecule has 1 aliphatic rings. The van der Waals surface area contributed by atoms with Crippen molar-refractivity contribution in [1.82, 2.24) is 14.9 Å². The molecule has 2 amide bonds. The minimum absolute atomic E-state index is 0.0539. The number of nitrogens with zero attached hydrogens (tertiary/aromatic N) is 3. The Kier molecular flexibility index (Phi) is 10.0. The van der Waals surface area contributed by atoms with Crippen molar-refractivity contribution < 1.29 is 14.7 Å². The number of aryl methyl sites for hydroxylation is 2. The first kappa shape index (κ1) is 32.0. The van der Waals surface area contributed by atoms with Crippen LogP contribution in [-0.4, -0.2) is 39.2 Å². The molecule has 0 radical (unpaired) electrons. The molecule has 1 heterocycles. The minimum Gasteiger partial charge on any atom is -0.478 e. The Bertz CT molecular complexity index is 1860. The third kappa shape index (κ3) is 7.25. The number of hydrogen-bond acceptors (Lipinski definition) is 3. The van der Waals surface area contributed by atoms with Crippen molar-refractivity contribution >= 4 is 28.7 Å². The van der Waals surface area contributed by atoms with Gasteiger partial charge in [-0.3, -0.25) is 9.47 Å². The lowest BCUT2D eigenvalue weighted by molar-refractivity contribution is 0.0697. The molecule has 1 aromatic heterocycles. The molecule has 242 valence electrons. The lowest BCUT2D eigenvalue weighted by atomic mass is 9.95. The number of aromatic carboxylic acids is 1. The van der Waals surface area contributed by atoms with Crippen LogP contribution in [0.5, 0.6) is 0 Å². The van der Waals surface area contributed by atoms with Gasteiger partial charge >= 0.3 is 12.0 Å². The molecule has 6 rings (SSSR count). The summed E-state index contributed by atoms with van der Waals surface area (Å²) in [7, 11) is 0. The molecule has 0 bridgehead atoms. The second-order valence-electron chi connectivity index (χ2n) is 12.7. The Labute approximate surface area is 277 Å². The average molecular weight is 629 g/mol. The monoisotopic (exact) mass is 628 g/mol. The summed E-state index contributed by atoms with van der Waals surface area (Å²) in [6.07, 6.45) is 9.21. The van der Waals surface area contributed by atoms with E-state index in [4.69, 9.17) is 4.98 Å². The number of carbonyl (C=O) groups is 2. The molecule has 7 heteroatoms. The zero-order chi connectivity index (χ0) is 32.8. The number of benzene rings is 4.